The first kappa shape index (κ1) is 11.7. The molecule has 1 aliphatic rings. The Bertz CT molecular complexity index is 1340. The number of nitrogens with zero attached hydrogens (tertiary/aromatic N) is 2. The molecular formula is C18H18N4O4S. The van der Waals surface area contributed by atoms with E-state index in [1.54, 1.807) is 18.2 Å². The van der Waals surface area contributed by atoms with E-state index in [4.69, 9.17) is 13.0 Å². The molecule has 4 rings (SSSR count). The highest BCUT2D eigenvalue weighted by atomic mass is 32.2. The molecule has 0 radical (unpaired) electrons. The Morgan fingerprint density at radius 1 is 1.30 bits per heavy atom. The lowest BCUT2D eigenvalue weighted by Gasteiger charge is -2.35. The van der Waals surface area contributed by atoms with Gasteiger partial charge in [0.05, 0.1) is 33.2 Å². The highest BCUT2D eigenvalue weighted by molar-refractivity contribution is 7.90. The second-order valence-corrected chi connectivity index (χ2v) is 7.80. The summed E-state index contributed by atoms with van der Waals surface area (Å²) in [6.45, 7) is -4.01. The van der Waals surface area contributed by atoms with Crippen molar-refractivity contribution in [2.75, 3.05) is 24.3 Å². The van der Waals surface area contributed by atoms with E-state index < -0.39 is 42.0 Å². The first-order valence-corrected chi connectivity index (χ1v) is 9.25. The summed E-state index contributed by atoms with van der Waals surface area (Å²) in [6, 6.07) is 9.06. The van der Waals surface area contributed by atoms with Crippen LogP contribution in [0.3, 0.4) is 0 Å². The minimum absolute atomic E-state index is 0.0163. The van der Waals surface area contributed by atoms with Crippen LogP contribution in [0, 0.1) is 0 Å². The zero-order chi connectivity index (χ0) is 24.2. The van der Waals surface area contributed by atoms with Crippen molar-refractivity contribution in [3.05, 3.63) is 48.8 Å². The van der Waals surface area contributed by atoms with Crippen LogP contribution in [0.2, 0.25) is 0 Å². The Labute approximate surface area is 164 Å². The highest BCUT2D eigenvalue weighted by Crippen LogP contribution is 2.37. The van der Waals surface area contributed by atoms with E-state index in [0.717, 1.165) is 3.97 Å². The molecule has 3 aromatic rings. The van der Waals surface area contributed by atoms with Gasteiger partial charge >= 0.3 is 0 Å². The number of aromatic nitrogens is 2. The average molecular weight is 392 g/mol. The van der Waals surface area contributed by atoms with Crippen LogP contribution < -0.4 is 10.6 Å². The summed E-state index contributed by atoms with van der Waals surface area (Å²) in [5.41, 5.74) is -2.27. The number of hydrogen-bond acceptors (Lipinski definition) is 6. The van der Waals surface area contributed by atoms with Gasteiger partial charge in [-0.25, -0.2) is 17.4 Å². The van der Waals surface area contributed by atoms with Gasteiger partial charge in [0.2, 0.25) is 0 Å². The maximum absolute atomic E-state index is 13.1. The molecule has 0 saturated heterocycles. The Morgan fingerprint density at radius 2 is 2.11 bits per heavy atom. The van der Waals surface area contributed by atoms with Crippen LogP contribution in [0.15, 0.2) is 53.7 Å². The van der Waals surface area contributed by atoms with Crippen LogP contribution in [0.5, 0.6) is 0 Å². The van der Waals surface area contributed by atoms with E-state index in [2.05, 4.69) is 15.6 Å². The number of amides is 1. The predicted octanol–water partition coefficient (Wildman–Crippen LogP) is 2.04. The monoisotopic (exact) mass is 392 g/mol. The van der Waals surface area contributed by atoms with Crippen LogP contribution in [-0.4, -0.2) is 42.5 Å². The van der Waals surface area contributed by atoms with Crippen molar-refractivity contribution in [2.24, 2.45) is 0 Å². The zero-order valence-corrected chi connectivity index (χ0v) is 14.6. The number of fused-ring (bicyclic) bond motifs is 3. The molecule has 1 aliphatic heterocycles. The topological polar surface area (TPSA) is 102 Å². The second-order valence-electron chi connectivity index (χ2n) is 5.99. The van der Waals surface area contributed by atoms with Crippen molar-refractivity contribution in [1.29, 1.82) is 0 Å². The molecule has 0 bridgehead atoms. The smallest absolute Gasteiger partial charge is 0.269 e. The molecule has 140 valence electrons. The number of methoxy groups -OCH3 is 1. The maximum Gasteiger partial charge on any atom is 0.269 e. The third kappa shape index (κ3) is 2.66. The third-order valence-electron chi connectivity index (χ3n) is 4.24. The number of pyridine rings is 1. The summed E-state index contributed by atoms with van der Waals surface area (Å²) < 4.78 is 77.2. The molecule has 1 amide bonds. The standard InChI is InChI=1S/C18H18N4O4S/c1-18(11-26-2)17(23)20-14-10-19-16-13(15(14)21-18)8-9-22(16)27(24,25)12-6-4-3-5-7-12/h3-10,21H,11H2,1-2H3,(H,20,23)/t18-/m0/s1/i1D3,2D3. The van der Waals surface area contributed by atoms with Crippen molar-refractivity contribution in [3.8, 4) is 0 Å². The number of rotatable bonds is 4. The van der Waals surface area contributed by atoms with Crippen molar-refractivity contribution in [1.82, 2.24) is 8.96 Å². The molecular weight excluding hydrogens is 368 g/mol. The van der Waals surface area contributed by atoms with E-state index in [0.29, 0.717) is 0 Å². The normalized spacial score (nSPS) is 23.6. The van der Waals surface area contributed by atoms with Crippen molar-refractivity contribution in [3.63, 3.8) is 0 Å². The van der Waals surface area contributed by atoms with Gasteiger partial charge < -0.3 is 15.4 Å². The van der Waals surface area contributed by atoms with Gasteiger partial charge in [-0.3, -0.25) is 4.79 Å². The van der Waals surface area contributed by atoms with Crippen LogP contribution >= 0.6 is 0 Å². The van der Waals surface area contributed by atoms with Crippen molar-refractivity contribution < 1.29 is 26.2 Å². The SMILES string of the molecule is [2H]C([2H])([2H])OC[C@]1(C([2H])([2H])[2H])Nc2c(cnc3c2ccn3S(=O)(=O)c2ccccc2)NC1=O. The summed E-state index contributed by atoms with van der Waals surface area (Å²) >= 11 is 0. The van der Waals surface area contributed by atoms with Gasteiger partial charge in [-0.1, -0.05) is 18.2 Å². The zero-order valence-electron chi connectivity index (χ0n) is 19.8. The van der Waals surface area contributed by atoms with E-state index in [1.807, 2.05) is 0 Å². The van der Waals surface area contributed by atoms with Crippen LogP contribution in [0.1, 0.15) is 15.1 Å². The summed E-state index contributed by atoms with van der Waals surface area (Å²) in [5, 5.41) is 5.25. The molecule has 0 unspecified atom stereocenters. The van der Waals surface area contributed by atoms with Gasteiger partial charge in [-0.05, 0) is 25.1 Å². The first-order chi connectivity index (χ1) is 15.3. The Morgan fingerprint density at radius 3 is 2.85 bits per heavy atom. The molecule has 1 atom stereocenters. The number of carbonyl (C=O) groups is 1. The molecule has 1 aromatic carbocycles. The minimum atomic E-state index is -4.02. The summed E-state index contributed by atoms with van der Waals surface area (Å²) in [5.74, 6) is -1.03. The van der Waals surface area contributed by atoms with Crippen molar-refractivity contribution in [2.45, 2.75) is 17.3 Å². The molecule has 9 heteroatoms. The van der Waals surface area contributed by atoms with E-state index >= 15 is 0 Å². The first-order valence-electron chi connectivity index (χ1n) is 10.8. The second kappa shape index (κ2) is 6.07. The van der Waals surface area contributed by atoms with E-state index in [-0.39, 0.29) is 27.3 Å². The number of nitrogens with one attached hydrogen (secondary N) is 2. The molecule has 27 heavy (non-hydrogen) atoms. The Hall–Kier alpha value is -2.91. The maximum atomic E-state index is 13.1. The fourth-order valence-electron chi connectivity index (χ4n) is 2.90. The number of anilines is 2. The van der Waals surface area contributed by atoms with Crippen LogP contribution in [-0.2, 0) is 19.6 Å². The van der Waals surface area contributed by atoms with Crippen LogP contribution in [0.4, 0.5) is 11.4 Å². The lowest BCUT2D eigenvalue weighted by atomic mass is 9.98. The summed E-state index contributed by atoms with van der Waals surface area (Å²) in [6.07, 6.45) is 2.45. The number of benzene rings is 1. The Kier molecular flexibility index (Phi) is 2.64. The van der Waals surface area contributed by atoms with Gasteiger partial charge in [-0.15, -0.1) is 0 Å². The lowest BCUT2D eigenvalue weighted by Crippen LogP contribution is -2.53. The molecule has 0 spiro atoms. The lowest BCUT2D eigenvalue weighted by molar-refractivity contribution is -0.121. The van der Waals surface area contributed by atoms with Gasteiger partial charge in [0.1, 0.15) is 5.54 Å². The van der Waals surface area contributed by atoms with E-state index in [9.17, 15) is 13.2 Å². The average Bonchev–Trinajstić information content (AvgIpc) is 3.17. The summed E-state index contributed by atoms with van der Waals surface area (Å²) in [4.78, 5) is 17.0. The molecule has 3 heterocycles. The number of carbonyl (C=O) groups excluding carboxylic acids is 1. The molecule has 8 nitrogen and oxygen atoms in total. The molecule has 0 aliphatic carbocycles. The molecule has 2 N–H and O–H groups in total. The van der Waals surface area contributed by atoms with Gasteiger partial charge in [-0.2, -0.15) is 0 Å². The largest absolute Gasteiger partial charge is 0.382 e. The molecule has 0 fully saturated rings. The van der Waals surface area contributed by atoms with Crippen molar-refractivity contribution >= 4 is 38.3 Å². The van der Waals surface area contributed by atoms with Gasteiger partial charge in [0, 0.05) is 22.7 Å². The van der Waals surface area contributed by atoms with E-state index in [1.165, 1.54) is 30.6 Å². The Balaban J connectivity index is 1.85. The summed E-state index contributed by atoms with van der Waals surface area (Å²) in [7, 11) is -6.96. The van der Waals surface area contributed by atoms with Gasteiger partial charge in [0.15, 0.2) is 5.65 Å². The number of ether oxygens (including phenoxy) is 1. The predicted molar refractivity (Wildman–Crippen MR) is 101 cm³/mol. The fraction of sp³-hybridized carbons (Fsp3) is 0.222. The van der Waals surface area contributed by atoms with Gasteiger partial charge in [0.25, 0.3) is 15.9 Å². The quantitative estimate of drug-likeness (QED) is 0.704. The van der Waals surface area contributed by atoms with Crippen LogP contribution in [0.25, 0.3) is 11.0 Å². The fourth-order valence-corrected chi connectivity index (χ4v) is 4.22. The third-order valence-corrected chi connectivity index (χ3v) is 5.92. The highest BCUT2D eigenvalue weighted by Gasteiger charge is 2.39. The molecule has 2 aromatic heterocycles. The number of hydrogen-bond donors (Lipinski definition) is 2. The minimum Gasteiger partial charge on any atom is -0.382 e. The molecule has 0 saturated carbocycles.